The van der Waals surface area contributed by atoms with Crippen molar-refractivity contribution in [2.45, 2.75) is 183 Å². The minimum Gasteiger partial charge on any atom is -0.312 e. The Balaban J connectivity index is 0.000000227. The number of aromatic nitrogens is 10. The molecule has 682 valence electrons. The van der Waals surface area contributed by atoms with Crippen LogP contribution in [0.1, 0.15) is 248 Å². The highest BCUT2D eigenvalue weighted by Crippen LogP contribution is 2.37. The third kappa shape index (κ3) is 24.6. The zero-order valence-electron chi connectivity index (χ0n) is 73.8. The molecule has 5 aromatic carbocycles. The standard InChI is InChI=1S/C27H30N4O2.C22H20ClN3O2.C20H19N3O.C20H17N3O.C15H10BrN3.5CH4/c1-18(13-19(2)32)22-14-24-27(29-16-22)26(25(33)17-30-11-5-4-6-12-30)20(3)31(24)23-9-7-21(15-28)8-10-23;1-13(8-14(2)27)17-9-19-22(25-12-17)21(20(28)10-23)15(3)26(19)18-6-4-16(11-24)5-7-18;2*1-13(8-15(3)24)17-10-20-19(22-12-17)9-14(2)23(20)18-6-4-16(11-21)5-7-18;1-10-6-14-15(7-12(16)9-18-14)19(10)13-4-2-11(8-17)3-5-13;;;;;/h7-10,14,16,18H,4-6,11-13,17H2,1-3H3;4-7,9,12-13H,8,10H2,1-3H3;4-7,9-10,12-13H,8H2,1-3H3;4-10,12H,1-3H3;2-7,9H,1H3;5*1H4/b;;;13-8+;;;;;;. The number of ketones is 6. The van der Waals surface area contributed by atoms with Gasteiger partial charge in [-0.2, -0.15) is 26.3 Å². The molecule has 0 aliphatic carbocycles. The summed E-state index contributed by atoms with van der Waals surface area (Å²) in [7, 11) is 0. The Hall–Kier alpha value is -14.5. The first-order valence-corrected chi connectivity index (χ1v) is 43.4. The molecule has 0 radical (unpaired) electrons. The summed E-state index contributed by atoms with van der Waals surface area (Å²) in [4.78, 5) is 96.9. The lowest BCUT2D eigenvalue weighted by molar-refractivity contribution is -0.118. The van der Waals surface area contributed by atoms with Crippen molar-refractivity contribution >= 4 is 123 Å². The van der Waals surface area contributed by atoms with Crippen LogP contribution >= 0.6 is 27.5 Å². The number of fused-ring (bicyclic) bond motifs is 5. The molecule has 1 aliphatic heterocycles. The van der Waals surface area contributed by atoms with Gasteiger partial charge >= 0.3 is 0 Å². The van der Waals surface area contributed by atoms with Gasteiger partial charge in [0, 0.05) is 112 Å². The number of piperidine rings is 1. The predicted octanol–water partition coefficient (Wildman–Crippen LogP) is 25.3. The molecule has 0 saturated carbocycles. The van der Waals surface area contributed by atoms with Crippen LogP contribution in [0.15, 0.2) is 211 Å². The fraction of sp³-hybridized carbons (Fsp3) is 0.284. The Kier molecular flexibility index (Phi) is 37.6. The lowest BCUT2D eigenvalue weighted by Crippen LogP contribution is -2.34. The van der Waals surface area contributed by atoms with Crippen LogP contribution < -0.4 is 0 Å². The van der Waals surface area contributed by atoms with Gasteiger partial charge in [-0.3, -0.25) is 44.2 Å². The maximum atomic E-state index is 13.5. The number of rotatable bonds is 21. The highest BCUT2D eigenvalue weighted by atomic mass is 79.9. The van der Waals surface area contributed by atoms with Gasteiger partial charge in [0.15, 0.2) is 17.3 Å². The smallest absolute Gasteiger partial charge is 0.181 e. The molecule has 3 unspecified atom stereocenters. The van der Waals surface area contributed by atoms with Gasteiger partial charge in [0.1, 0.15) is 17.3 Å². The Bertz CT molecular complexity index is 7030. The molecule has 0 spiro atoms. The molecule has 16 rings (SSSR count). The SMILES string of the molecule is C.C.C.C.C.CC(=O)/C=C(\C)c1cnc2cc(C)n(-c3ccc(C#N)cc3)c2c1.CC(=O)CC(C)c1cnc2c(C(=O)CCl)c(C)n(-c3ccc(C#N)cc3)c2c1.CC(=O)CC(C)c1cnc2c(C(=O)CN3CCCCC3)c(C)n(-c3ccc(C#N)cc3)c2c1.CC(=O)CC(C)c1cnc2cc(C)n(-c3ccc(C#N)cc3)c2c1.Cc1cc2ncc(Br)cc2n1-c1ccc(C#N)cc1. The van der Waals surface area contributed by atoms with Crippen LogP contribution in [0.2, 0.25) is 0 Å². The topological polar surface area (TPSA) is 314 Å². The summed E-state index contributed by atoms with van der Waals surface area (Å²) in [5.41, 5.74) is 27.3. The van der Waals surface area contributed by atoms with Gasteiger partial charge in [-0.15, -0.1) is 11.6 Å². The van der Waals surface area contributed by atoms with Crippen molar-refractivity contribution in [2.75, 3.05) is 25.5 Å². The largest absolute Gasteiger partial charge is 0.312 e. The van der Waals surface area contributed by atoms with E-state index >= 15 is 0 Å². The van der Waals surface area contributed by atoms with Crippen molar-refractivity contribution in [3.63, 3.8) is 0 Å². The quantitative estimate of drug-likeness (QED) is 0.0366. The predicted molar refractivity (Wildman–Crippen MR) is 539 cm³/mol. The molecule has 0 bridgehead atoms. The number of Topliss-reactive ketones (excluding diaryl/α,β-unsaturated/α-hetero) is 5. The second-order valence-electron chi connectivity index (χ2n) is 32.6. The van der Waals surface area contributed by atoms with E-state index in [1.807, 2.05) is 188 Å². The number of carbonyl (C=O) groups excluding carboxylic acids is 6. The number of nitrogens with zero attached hydrogens (tertiary/aromatic N) is 16. The molecule has 10 aromatic heterocycles. The van der Waals surface area contributed by atoms with E-state index in [2.05, 4.69) is 108 Å². The first-order valence-electron chi connectivity index (χ1n) is 42.1. The number of hydrogen-bond donors (Lipinski definition) is 0. The van der Waals surface area contributed by atoms with Crippen LogP contribution in [0.4, 0.5) is 0 Å². The molecule has 11 heterocycles. The van der Waals surface area contributed by atoms with Gasteiger partial charge in [-0.05, 0) is 333 Å². The van der Waals surface area contributed by atoms with Gasteiger partial charge < -0.3 is 37.2 Å². The van der Waals surface area contributed by atoms with Gasteiger partial charge in [0.25, 0.3) is 0 Å². The molecule has 0 amide bonds. The second-order valence-corrected chi connectivity index (χ2v) is 33.7. The lowest BCUT2D eigenvalue weighted by atomic mass is 9.97. The molecule has 3 atom stereocenters. The first-order chi connectivity index (χ1) is 61.4. The zero-order valence-corrected chi connectivity index (χ0v) is 76.1. The molecule has 1 saturated heterocycles. The number of carbonyl (C=O) groups is 6. The van der Waals surface area contributed by atoms with Crippen molar-refractivity contribution in [3.8, 4) is 58.8 Å². The molecule has 133 heavy (non-hydrogen) atoms. The number of pyridine rings is 5. The summed E-state index contributed by atoms with van der Waals surface area (Å²) in [5, 5.41) is 45.0. The van der Waals surface area contributed by atoms with E-state index in [0.29, 0.717) is 75.8 Å². The van der Waals surface area contributed by atoms with E-state index in [4.69, 9.17) is 37.6 Å². The number of alkyl halides is 1. The number of likely N-dealkylation sites (tertiary alicyclic amines) is 1. The minimum atomic E-state index is -0.186. The van der Waals surface area contributed by atoms with E-state index < -0.39 is 0 Å². The van der Waals surface area contributed by atoms with Crippen molar-refractivity contribution in [3.05, 3.63) is 301 Å². The van der Waals surface area contributed by atoms with Gasteiger partial charge in [0.2, 0.25) is 0 Å². The van der Waals surface area contributed by atoms with Crippen molar-refractivity contribution in [1.82, 2.24) is 52.7 Å². The first kappa shape index (κ1) is 106. The Labute approximate surface area is 794 Å². The van der Waals surface area contributed by atoms with Gasteiger partial charge in [0.05, 0.1) is 137 Å². The number of hydrogen-bond acceptors (Lipinski definition) is 17. The van der Waals surface area contributed by atoms with Crippen LogP contribution in [0, 0.1) is 91.3 Å². The highest BCUT2D eigenvalue weighted by Gasteiger charge is 2.28. The number of benzene rings is 5. The summed E-state index contributed by atoms with van der Waals surface area (Å²) in [5.74, 6) is 0.428. The number of aryl methyl sites for hydroxylation is 3. The van der Waals surface area contributed by atoms with Crippen molar-refractivity contribution in [2.24, 2.45) is 0 Å². The van der Waals surface area contributed by atoms with Crippen LogP contribution in [0.25, 0.3) is 89.2 Å². The fourth-order valence-corrected chi connectivity index (χ4v) is 17.0. The number of halogens is 2. The molecular formula is C109H116BrClN16O6. The van der Waals surface area contributed by atoms with Crippen LogP contribution in [0.5, 0.6) is 0 Å². The lowest BCUT2D eigenvalue weighted by Gasteiger charge is -2.25. The summed E-state index contributed by atoms with van der Waals surface area (Å²) in [6, 6.07) is 64.1. The van der Waals surface area contributed by atoms with E-state index in [1.54, 1.807) is 95.0 Å². The normalized spacial score (nSPS) is 12.1. The molecule has 22 nitrogen and oxygen atoms in total. The zero-order chi connectivity index (χ0) is 91.9. The molecule has 1 aliphatic rings. The van der Waals surface area contributed by atoms with Crippen molar-refractivity contribution < 1.29 is 28.8 Å². The van der Waals surface area contributed by atoms with Gasteiger partial charge in [-0.1, -0.05) is 64.3 Å². The molecule has 15 aromatic rings. The average Bonchev–Trinajstić information content (AvgIpc) is 1.60. The Morgan fingerprint density at radius 3 is 1.02 bits per heavy atom. The molecule has 24 heteroatoms. The fourth-order valence-electron chi connectivity index (χ4n) is 16.5. The highest BCUT2D eigenvalue weighted by molar-refractivity contribution is 9.10. The molecule has 1 fully saturated rings. The monoisotopic (exact) mass is 1860 g/mol. The molecule has 0 N–H and O–H groups in total. The summed E-state index contributed by atoms with van der Waals surface area (Å²) >= 11 is 9.28. The van der Waals surface area contributed by atoms with E-state index in [-0.39, 0.29) is 95.5 Å². The van der Waals surface area contributed by atoms with E-state index in [1.165, 1.54) is 6.42 Å². The van der Waals surface area contributed by atoms with Crippen molar-refractivity contribution in [1.29, 1.82) is 26.3 Å². The van der Waals surface area contributed by atoms with Gasteiger partial charge in [-0.25, -0.2) is 0 Å². The third-order valence-corrected chi connectivity index (χ3v) is 23.4. The van der Waals surface area contributed by atoms with Crippen LogP contribution in [-0.4, -0.2) is 113 Å². The van der Waals surface area contributed by atoms with E-state index in [0.717, 1.165) is 159 Å². The Morgan fingerprint density at radius 1 is 0.391 bits per heavy atom. The summed E-state index contributed by atoms with van der Waals surface area (Å²) < 4.78 is 11.3. The average molecular weight is 1860 g/mol. The number of allylic oxidation sites excluding steroid dienone is 2. The molecular weight excluding hydrogens is 1740 g/mol. The van der Waals surface area contributed by atoms with E-state index in [9.17, 15) is 34.0 Å². The summed E-state index contributed by atoms with van der Waals surface area (Å²) in [6.45, 7) is 26.5. The number of nitriles is 5. The maximum absolute atomic E-state index is 13.5. The maximum Gasteiger partial charge on any atom is 0.181 e. The minimum absolute atomic E-state index is 0. The van der Waals surface area contributed by atoms with Crippen LogP contribution in [-0.2, 0) is 19.2 Å². The third-order valence-electron chi connectivity index (χ3n) is 22.8. The second kappa shape index (κ2) is 47.4. The van der Waals surface area contributed by atoms with Crippen LogP contribution in [0.3, 0.4) is 0 Å². The summed E-state index contributed by atoms with van der Waals surface area (Å²) in [6.07, 6.45) is 15.5. The Morgan fingerprint density at radius 2 is 0.692 bits per heavy atom.